The predicted octanol–water partition coefficient (Wildman–Crippen LogP) is 2.39. The summed E-state index contributed by atoms with van der Waals surface area (Å²) in [5, 5.41) is 31.8. The highest BCUT2D eigenvalue weighted by Gasteiger charge is 2.25. The fourth-order valence-corrected chi connectivity index (χ4v) is 2.14. The number of nitrogens with one attached hydrogen (secondary N) is 1. The van der Waals surface area contributed by atoms with Crippen LogP contribution < -0.4 is 5.56 Å². The molecule has 11 heteroatoms. The van der Waals surface area contributed by atoms with Gasteiger partial charge in [-0.1, -0.05) is 0 Å². The monoisotopic (exact) mass is 344 g/mol. The number of aromatic nitrogens is 2. The molecule has 2 heterocycles. The Morgan fingerprint density at radius 3 is 2.52 bits per heavy atom. The molecule has 126 valence electrons. The fraction of sp³-hybridized carbons (Fsp3) is 0. The molecule has 25 heavy (non-hydrogen) atoms. The van der Waals surface area contributed by atoms with E-state index in [0.29, 0.717) is 0 Å². The maximum absolute atomic E-state index is 12.0. The van der Waals surface area contributed by atoms with Crippen molar-refractivity contribution >= 4 is 34.2 Å². The zero-order valence-electron chi connectivity index (χ0n) is 12.2. The number of rotatable bonds is 4. The molecule has 3 rings (SSSR count). The number of aliphatic hydroxyl groups excluding tert-OH is 1. The van der Waals surface area contributed by atoms with Gasteiger partial charge in [0, 0.05) is 12.1 Å². The summed E-state index contributed by atoms with van der Waals surface area (Å²) in [4.78, 5) is 38.4. The lowest BCUT2D eigenvalue weighted by molar-refractivity contribution is -0.422. The van der Waals surface area contributed by atoms with Gasteiger partial charge in [-0.25, -0.2) is 4.98 Å². The van der Waals surface area contributed by atoms with Crippen molar-refractivity contribution in [2.75, 3.05) is 0 Å². The number of nitro benzene ring substituents is 2. The molecule has 0 bridgehead atoms. The lowest BCUT2D eigenvalue weighted by Crippen LogP contribution is -2.12. The minimum atomic E-state index is -0.924. The van der Waals surface area contributed by atoms with Gasteiger partial charge in [-0.15, -0.1) is 0 Å². The molecule has 2 aromatic heterocycles. The highest BCUT2D eigenvalue weighted by Crippen LogP contribution is 2.30. The molecule has 0 aliphatic heterocycles. The van der Waals surface area contributed by atoms with Crippen LogP contribution in [-0.2, 0) is 0 Å². The number of hydrogen-bond donors (Lipinski definition) is 2. The molecule has 0 atom stereocenters. The van der Waals surface area contributed by atoms with Crippen LogP contribution in [0.4, 0.5) is 11.4 Å². The molecule has 0 spiro atoms. The third-order valence-electron chi connectivity index (χ3n) is 3.26. The van der Waals surface area contributed by atoms with Crippen LogP contribution in [0.2, 0.25) is 0 Å². The number of benzene rings is 1. The summed E-state index contributed by atoms with van der Waals surface area (Å²) in [7, 11) is 0. The maximum atomic E-state index is 12.0. The molecular weight excluding hydrogens is 336 g/mol. The van der Waals surface area contributed by atoms with E-state index in [1.807, 2.05) is 0 Å². The third-order valence-corrected chi connectivity index (χ3v) is 3.26. The van der Waals surface area contributed by atoms with E-state index in [1.54, 1.807) is 0 Å². The van der Waals surface area contributed by atoms with Crippen LogP contribution >= 0.6 is 0 Å². The van der Waals surface area contributed by atoms with Crippen molar-refractivity contribution in [2.24, 2.45) is 0 Å². The van der Waals surface area contributed by atoms with E-state index in [0.717, 1.165) is 18.2 Å². The number of aliphatic hydroxyl groups is 1. The quantitative estimate of drug-likeness (QED) is 0.413. The van der Waals surface area contributed by atoms with Gasteiger partial charge in [0.05, 0.1) is 33.2 Å². The van der Waals surface area contributed by atoms with Crippen molar-refractivity contribution < 1.29 is 19.4 Å². The Morgan fingerprint density at radius 2 is 1.92 bits per heavy atom. The number of hydrogen-bond acceptors (Lipinski definition) is 8. The van der Waals surface area contributed by atoms with Crippen LogP contribution in [0.25, 0.3) is 22.9 Å². The minimum Gasteiger partial charge on any atom is -0.504 e. The summed E-state index contributed by atoms with van der Waals surface area (Å²) in [6, 6.07) is 4.72. The van der Waals surface area contributed by atoms with Crippen molar-refractivity contribution in [2.45, 2.75) is 0 Å². The summed E-state index contributed by atoms with van der Waals surface area (Å²) in [5.41, 5.74) is -2.61. The number of furan rings is 1. The van der Waals surface area contributed by atoms with Gasteiger partial charge < -0.3 is 14.5 Å². The van der Waals surface area contributed by atoms with E-state index >= 15 is 0 Å². The summed E-state index contributed by atoms with van der Waals surface area (Å²) in [6.07, 6.45) is 2.34. The predicted molar refractivity (Wildman–Crippen MR) is 84.9 cm³/mol. The smallest absolute Gasteiger partial charge is 0.348 e. The molecule has 0 amide bonds. The topological polar surface area (TPSA) is 165 Å². The molecule has 2 N–H and O–H groups in total. The normalized spacial score (nSPS) is 11.6. The molecular formula is C14H8N4O7. The second-order valence-electron chi connectivity index (χ2n) is 4.83. The average molecular weight is 344 g/mol. The SMILES string of the molecule is O=c1[nH]c2cc([N+](=O)[O-])c([N+](=O)[O-])cc2nc1C=C(O)c1ccco1. The second kappa shape index (κ2) is 5.88. The Morgan fingerprint density at radius 1 is 1.24 bits per heavy atom. The van der Waals surface area contributed by atoms with Gasteiger partial charge in [0.2, 0.25) is 0 Å². The van der Waals surface area contributed by atoms with Crippen LogP contribution in [0.15, 0.2) is 39.7 Å². The highest BCUT2D eigenvalue weighted by molar-refractivity contribution is 5.83. The zero-order chi connectivity index (χ0) is 18.1. The second-order valence-corrected chi connectivity index (χ2v) is 4.83. The van der Waals surface area contributed by atoms with Crippen LogP contribution in [0.1, 0.15) is 11.5 Å². The van der Waals surface area contributed by atoms with E-state index in [2.05, 4.69) is 9.97 Å². The first-order valence-electron chi connectivity index (χ1n) is 6.68. The van der Waals surface area contributed by atoms with Gasteiger partial charge in [-0.05, 0) is 12.1 Å². The van der Waals surface area contributed by atoms with E-state index in [4.69, 9.17) is 4.42 Å². The third kappa shape index (κ3) is 2.93. The molecule has 0 aliphatic carbocycles. The van der Waals surface area contributed by atoms with Crippen molar-refractivity contribution in [3.63, 3.8) is 0 Å². The Hall–Kier alpha value is -4.02. The molecule has 0 saturated carbocycles. The summed E-state index contributed by atoms with van der Waals surface area (Å²) in [6.45, 7) is 0. The van der Waals surface area contributed by atoms with Crippen LogP contribution in [0, 0.1) is 20.2 Å². The highest BCUT2D eigenvalue weighted by atomic mass is 16.6. The number of nitrogens with zero attached hydrogens (tertiary/aromatic N) is 3. The summed E-state index contributed by atoms with van der Waals surface area (Å²) in [5.74, 6) is -0.283. The van der Waals surface area contributed by atoms with E-state index in [1.165, 1.54) is 18.4 Å². The van der Waals surface area contributed by atoms with E-state index in [9.17, 15) is 30.1 Å². The maximum Gasteiger partial charge on any atom is 0.348 e. The van der Waals surface area contributed by atoms with Crippen molar-refractivity contribution in [3.05, 3.63) is 72.6 Å². The van der Waals surface area contributed by atoms with E-state index < -0.39 is 26.8 Å². The van der Waals surface area contributed by atoms with Gasteiger partial charge in [0.15, 0.2) is 11.5 Å². The molecule has 0 radical (unpaired) electrons. The zero-order valence-corrected chi connectivity index (χ0v) is 12.2. The Kier molecular flexibility index (Phi) is 3.73. The van der Waals surface area contributed by atoms with E-state index in [-0.39, 0.29) is 28.2 Å². The van der Waals surface area contributed by atoms with Gasteiger partial charge in [0.1, 0.15) is 5.69 Å². The van der Waals surface area contributed by atoms with Gasteiger partial charge in [-0.2, -0.15) is 0 Å². The van der Waals surface area contributed by atoms with Crippen molar-refractivity contribution in [3.8, 4) is 0 Å². The van der Waals surface area contributed by atoms with Crippen molar-refractivity contribution in [1.29, 1.82) is 0 Å². The number of H-pyrrole nitrogens is 1. The standard InChI is InChI=1S/C14H8N4O7/c19-12(13-2-1-3-25-13)6-9-14(20)16-8-5-11(18(23)24)10(17(21)22)4-7(8)15-9/h1-6,19H,(H,16,20). The number of nitro groups is 2. The van der Waals surface area contributed by atoms with Gasteiger partial charge in [0.25, 0.3) is 5.56 Å². The average Bonchev–Trinajstić information content (AvgIpc) is 3.08. The van der Waals surface area contributed by atoms with Crippen molar-refractivity contribution in [1.82, 2.24) is 9.97 Å². The summed E-state index contributed by atoms with van der Waals surface area (Å²) >= 11 is 0. The first-order chi connectivity index (χ1) is 11.9. The van der Waals surface area contributed by atoms with Crippen LogP contribution in [0.3, 0.4) is 0 Å². The largest absolute Gasteiger partial charge is 0.504 e. The molecule has 1 aromatic carbocycles. The summed E-state index contributed by atoms with van der Waals surface area (Å²) < 4.78 is 4.96. The van der Waals surface area contributed by atoms with Gasteiger partial charge >= 0.3 is 11.4 Å². The number of aromatic amines is 1. The van der Waals surface area contributed by atoms with Crippen LogP contribution in [0.5, 0.6) is 0 Å². The minimum absolute atomic E-state index is 0.0445. The molecule has 0 aliphatic rings. The lowest BCUT2D eigenvalue weighted by atomic mass is 10.2. The van der Waals surface area contributed by atoms with Gasteiger partial charge in [-0.3, -0.25) is 25.0 Å². The Bertz CT molecular complexity index is 1080. The van der Waals surface area contributed by atoms with Crippen LogP contribution in [-0.4, -0.2) is 24.9 Å². The molecule has 0 saturated heterocycles. The lowest BCUT2D eigenvalue weighted by Gasteiger charge is -2.01. The molecule has 0 fully saturated rings. The molecule has 3 aromatic rings. The molecule has 0 unspecified atom stereocenters. The first-order valence-corrected chi connectivity index (χ1v) is 6.68. The first kappa shape index (κ1) is 15.9. The fourth-order valence-electron chi connectivity index (χ4n) is 2.14. The Labute approximate surface area is 137 Å². The number of fused-ring (bicyclic) bond motifs is 1. The Balaban J connectivity index is 2.20. The molecule has 11 nitrogen and oxygen atoms in total.